The van der Waals surface area contributed by atoms with Crippen molar-refractivity contribution in [3.05, 3.63) is 24.3 Å². The zero-order valence-electron chi connectivity index (χ0n) is 11.3. The van der Waals surface area contributed by atoms with E-state index < -0.39 is 8.24 Å². The minimum Gasteiger partial charge on any atom is -0.383 e. The number of rotatable bonds is 5. The Labute approximate surface area is 106 Å². The number of nitrogens with one attached hydrogen (secondary N) is 1. The van der Waals surface area contributed by atoms with E-state index in [1.54, 1.807) is 7.11 Å². The van der Waals surface area contributed by atoms with Crippen LogP contribution in [-0.4, -0.2) is 28.5 Å². The van der Waals surface area contributed by atoms with Gasteiger partial charge in [-0.15, -0.1) is 0 Å². The summed E-state index contributed by atoms with van der Waals surface area (Å²) >= 11 is 0. The Kier molecular flexibility index (Phi) is 4.23. The molecular weight excluding hydrogens is 226 g/mol. The van der Waals surface area contributed by atoms with Crippen LogP contribution in [-0.2, 0) is 4.74 Å². The van der Waals surface area contributed by atoms with Gasteiger partial charge in [0.2, 0.25) is 0 Å². The van der Waals surface area contributed by atoms with Gasteiger partial charge in [-0.3, -0.25) is 0 Å². The third kappa shape index (κ3) is 2.90. The van der Waals surface area contributed by atoms with Gasteiger partial charge in [0, 0.05) is 13.7 Å². The predicted molar refractivity (Wildman–Crippen MR) is 75.6 cm³/mol. The largest absolute Gasteiger partial charge is 0.383 e. The Morgan fingerprint density at radius 1 is 1.24 bits per heavy atom. The van der Waals surface area contributed by atoms with Crippen LogP contribution in [0.15, 0.2) is 24.3 Å². The molecule has 0 spiro atoms. The van der Waals surface area contributed by atoms with Crippen molar-refractivity contribution >= 4 is 8.24 Å². The third-order valence-electron chi connectivity index (χ3n) is 4.39. The quantitative estimate of drug-likeness (QED) is 0.599. The van der Waals surface area contributed by atoms with Crippen molar-refractivity contribution in [2.45, 2.75) is 31.5 Å². The van der Waals surface area contributed by atoms with Gasteiger partial charge in [0.15, 0.2) is 0 Å². The smallest absolute Gasteiger partial charge is 0.123 e. The average Bonchev–Trinajstić information content (AvgIpc) is 2.73. The number of allylic oxidation sites excluding steroid dienone is 4. The first-order valence-corrected chi connectivity index (χ1v) is 9.82. The fourth-order valence-electron chi connectivity index (χ4n) is 3.40. The summed E-state index contributed by atoms with van der Waals surface area (Å²) in [6.07, 6.45) is 12.1. The Bertz CT molecular complexity index is 311. The van der Waals surface area contributed by atoms with Crippen LogP contribution >= 0.6 is 0 Å². The molecule has 0 aromatic rings. The third-order valence-corrected chi connectivity index (χ3v) is 8.08. The first kappa shape index (κ1) is 13.1. The Hall–Kier alpha value is -0.383. The zero-order valence-corrected chi connectivity index (χ0v) is 12.3. The fraction of sp³-hybridized carbons (Fsp3) is 0.714. The van der Waals surface area contributed by atoms with Crippen molar-refractivity contribution in [3.8, 4) is 0 Å². The second-order valence-electron chi connectivity index (χ2n) is 5.84. The van der Waals surface area contributed by atoms with Crippen LogP contribution in [0.2, 0.25) is 18.6 Å². The molecule has 2 rings (SSSR count). The normalized spacial score (nSPS) is 31.8. The van der Waals surface area contributed by atoms with Crippen LogP contribution in [0, 0.1) is 11.8 Å². The molecule has 2 nitrogen and oxygen atoms in total. The van der Waals surface area contributed by atoms with Crippen molar-refractivity contribution in [2.75, 3.05) is 20.3 Å². The molecule has 0 amide bonds. The second kappa shape index (κ2) is 5.51. The second-order valence-corrected chi connectivity index (χ2v) is 10.4. The Morgan fingerprint density at radius 3 is 2.76 bits per heavy atom. The summed E-state index contributed by atoms with van der Waals surface area (Å²) in [5.74, 6) is 1.60. The number of hydrogen-bond donors (Lipinski definition) is 1. The highest BCUT2D eigenvalue weighted by Gasteiger charge is 2.43. The summed E-state index contributed by atoms with van der Waals surface area (Å²) < 4.78 is 5.14. The van der Waals surface area contributed by atoms with Crippen molar-refractivity contribution in [3.63, 3.8) is 0 Å². The maximum atomic E-state index is 5.14. The van der Waals surface area contributed by atoms with Crippen LogP contribution < -0.4 is 4.98 Å². The summed E-state index contributed by atoms with van der Waals surface area (Å²) in [6, 6.07) is 0. The topological polar surface area (TPSA) is 21.3 Å². The molecule has 1 saturated carbocycles. The van der Waals surface area contributed by atoms with E-state index in [-0.39, 0.29) is 0 Å². The highest BCUT2D eigenvalue weighted by molar-refractivity contribution is 6.76. The summed E-state index contributed by atoms with van der Waals surface area (Å²) in [4.78, 5) is 3.79. The van der Waals surface area contributed by atoms with Gasteiger partial charge in [0.05, 0.1) is 6.61 Å². The van der Waals surface area contributed by atoms with Gasteiger partial charge in [-0.1, -0.05) is 43.8 Å². The van der Waals surface area contributed by atoms with E-state index in [1.165, 1.54) is 12.8 Å². The Balaban J connectivity index is 1.97. The summed E-state index contributed by atoms with van der Waals surface area (Å²) in [6.45, 7) is 6.78. The molecule has 96 valence electrons. The molecular formula is C14H25NOSi. The molecule has 0 saturated heterocycles. The maximum Gasteiger partial charge on any atom is 0.123 e. The molecule has 2 aliphatic carbocycles. The van der Waals surface area contributed by atoms with E-state index in [4.69, 9.17) is 4.74 Å². The number of methoxy groups -OCH3 is 1. The maximum absolute atomic E-state index is 5.14. The molecule has 0 radical (unpaired) electrons. The van der Waals surface area contributed by atoms with Crippen LogP contribution in [0.25, 0.3) is 0 Å². The number of fused-ring (bicyclic) bond motifs is 1. The van der Waals surface area contributed by atoms with Gasteiger partial charge in [-0.25, -0.2) is 0 Å². The molecule has 3 heteroatoms. The summed E-state index contributed by atoms with van der Waals surface area (Å²) in [7, 11) is 0.443. The van der Waals surface area contributed by atoms with Crippen LogP contribution in [0.3, 0.4) is 0 Å². The highest BCUT2D eigenvalue weighted by Crippen LogP contribution is 2.48. The van der Waals surface area contributed by atoms with Crippen LogP contribution in [0.5, 0.6) is 0 Å². The standard InChI is InChI=1S/C14H25NOSi/c1-16-11-10-15-17(2,3)14-9-8-12-6-4-5-7-13(12)14/h4-7,12-15H,8-11H2,1-3H3. The van der Waals surface area contributed by atoms with Gasteiger partial charge in [0.1, 0.15) is 8.24 Å². The minimum absolute atomic E-state index is 0.789. The van der Waals surface area contributed by atoms with Crippen molar-refractivity contribution in [1.82, 2.24) is 4.98 Å². The van der Waals surface area contributed by atoms with Crippen molar-refractivity contribution < 1.29 is 4.74 Å². The Morgan fingerprint density at radius 2 is 2.00 bits per heavy atom. The van der Waals surface area contributed by atoms with Crippen LogP contribution in [0.4, 0.5) is 0 Å². The lowest BCUT2D eigenvalue weighted by Gasteiger charge is -2.35. The van der Waals surface area contributed by atoms with Gasteiger partial charge in [0.25, 0.3) is 0 Å². The van der Waals surface area contributed by atoms with E-state index >= 15 is 0 Å². The molecule has 17 heavy (non-hydrogen) atoms. The number of hydrogen-bond acceptors (Lipinski definition) is 2. The number of ether oxygens (including phenoxy) is 1. The molecule has 2 aliphatic rings. The molecule has 0 aromatic heterocycles. The molecule has 0 bridgehead atoms. The van der Waals surface area contributed by atoms with Crippen LogP contribution in [0.1, 0.15) is 12.8 Å². The van der Waals surface area contributed by atoms with Gasteiger partial charge >= 0.3 is 0 Å². The minimum atomic E-state index is -1.33. The van der Waals surface area contributed by atoms with E-state index in [2.05, 4.69) is 42.4 Å². The van der Waals surface area contributed by atoms with E-state index in [0.29, 0.717) is 0 Å². The molecule has 0 aromatic carbocycles. The first-order valence-electron chi connectivity index (χ1n) is 6.74. The molecule has 0 aliphatic heterocycles. The van der Waals surface area contributed by atoms with Crippen molar-refractivity contribution in [2.24, 2.45) is 11.8 Å². The lowest BCUT2D eigenvalue weighted by molar-refractivity contribution is 0.204. The van der Waals surface area contributed by atoms with Gasteiger partial charge < -0.3 is 9.72 Å². The predicted octanol–water partition coefficient (Wildman–Crippen LogP) is 2.95. The zero-order chi connectivity index (χ0) is 12.3. The molecule has 3 unspecified atom stereocenters. The fourth-order valence-corrected chi connectivity index (χ4v) is 6.62. The highest BCUT2D eigenvalue weighted by atomic mass is 28.3. The SMILES string of the molecule is COCCN[Si](C)(C)C1CCC2C=CC=CC21. The van der Waals surface area contributed by atoms with E-state index in [0.717, 1.165) is 30.5 Å². The molecule has 1 N–H and O–H groups in total. The van der Waals surface area contributed by atoms with Gasteiger partial charge in [-0.2, -0.15) is 0 Å². The summed E-state index contributed by atoms with van der Waals surface area (Å²) in [5, 5.41) is 0. The van der Waals surface area contributed by atoms with Crippen molar-refractivity contribution in [1.29, 1.82) is 0 Å². The summed E-state index contributed by atoms with van der Waals surface area (Å²) in [5.41, 5.74) is 0.880. The molecule has 1 fully saturated rings. The lowest BCUT2D eigenvalue weighted by Crippen LogP contribution is -2.51. The van der Waals surface area contributed by atoms with Gasteiger partial charge in [-0.05, 0) is 23.8 Å². The average molecular weight is 251 g/mol. The monoisotopic (exact) mass is 251 g/mol. The molecule has 3 atom stereocenters. The van der Waals surface area contributed by atoms with E-state index in [1.807, 2.05) is 0 Å². The lowest BCUT2D eigenvalue weighted by atomic mass is 9.92. The molecule has 0 heterocycles. The first-order chi connectivity index (χ1) is 8.15. The van der Waals surface area contributed by atoms with E-state index in [9.17, 15) is 0 Å².